The molecule has 1 unspecified atom stereocenters. The molecule has 0 bridgehead atoms. The average molecular weight is 374 g/mol. The van der Waals surface area contributed by atoms with Crippen molar-refractivity contribution in [3.8, 4) is 0 Å². The molecule has 0 amide bonds. The second kappa shape index (κ2) is 18.5. The van der Waals surface area contributed by atoms with E-state index in [1.165, 1.54) is 108 Å². The molecule has 0 aliphatic rings. The first kappa shape index (κ1) is 24.2. The molecule has 0 aliphatic carbocycles. The molecule has 0 saturated carbocycles. The van der Waals surface area contributed by atoms with Crippen LogP contribution in [0.15, 0.2) is 30.3 Å². The molecule has 1 aromatic rings. The normalized spacial score (nSPS) is 12.4. The van der Waals surface area contributed by atoms with Crippen molar-refractivity contribution in [2.24, 2.45) is 0 Å². The van der Waals surface area contributed by atoms with E-state index in [2.05, 4.69) is 37.3 Å². The van der Waals surface area contributed by atoms with Crippen molar-refractivity contribution in [3.63, 3.8) is 0 Å². The van der Waals surface area contributed by atoms with E-state index in [1.54, 1.807) is 0 Å². The molecular weight excluding hydrogens is 328 g/mol. The highest BCUT2D eigenvalue weighted by Crippen LogP contribution is 2.26. The third-order valence-corrected chi connectivity index (χ3v) is 5.89. The van der Waals surface area contributed by atoms with Gasteiger partial charge in [0.05, 0.1) is 6.61 Å². The van der Waals surface area contributed by atoms with Gasteiger partial charge in [0.25, 0.3) is 0 Å². The third-order valence-electron chi connectivity index (χ3n) is 5.89. The lowest BCUT2D eigenvalue weighted by molar-refractivity contribution is 0.179. The van der Waals surface area contributed by atoms with Gasteiger partial charge in [0.15, 0.2) is 0 Å². The third kappa shape index (κ3) is 13.9. The summed E-state index contributed by atoms with van der Waals surface area (Å²) < 4.78 is 0. The van der Waals surface area contributed by atoms with Crippen LogP contribution in [0.5, 0.6) is 0 Å². The number of rotatable bonds is 19. The molecule has 0 aromatic heterocycles. The molecule has 1 radical (unpaired) electrons. The van der Waals surface area contributed by atoms with E-state index in [4.69, 9.17) is 0 Å². The lowest BCUT2D eigenvalue weighted by Crippen LogP contribution is -2.01. The molecule has 0 spiro atoms. The Morgan fingerprint density at radius 3 is 1.48 bits per heavy atom. The summed E-state index contributed by atoms with van der Waals surface area (Å²) in [5.74, 6) is 0.477. The van der Waals surface area contributed by atoms with Gasteiger partial charge < -0.3 is 0 Å². The summed E-state index contributed by atoms with van der Waals surface area (Å²) in [6.45, 7) is 2.34. The van der Waals surface area contributed by atoms with Gasteiger partial charge in [0.2, 0.25) is 0 Å². The van der Waals surface area contributed by atoms with Crippen LogP contribution in [0.4, 0.5) is 0 Å². The topological polar surface area (TPSA) is 19.9 Å². The molecule has 155 valence electrons. The van der Waals surface area contributed by atoms with Crippen LogP contribution in [-0.4, -0.2) is 6.61 Å². The van der Waals surface area contributed by atoms with Gasteiger partial charge in [-0.1, -0.05) is 134 Å². The summed E-state index contributed by atoms with van der Waals surface area (Å²) in [4.78, 5) is 0. The molecule has 0 N–H and O–H groups in total. The zero-order valence-electron chi connectivity index (χ0n) is 18.1. The van der Waals surface area contributed by atoms with E-state index in [1.807, 2.05) is 0 Å². The Bertz CT molecular complexity index is 400. The van der Waals surface area contributed by atoms with E-state index < -0.39 is 0 Å². The second-order valence-electron chi connectivity index (χ2n) is 8.34. The van der Waals surface area contributed by atoms with Gasteiger partial charge >= 0.3 is 0 Å². The Balaban J connectivity index is 1.88. The molecule has 1 rings (SSSR count). The van der Waals surface area contributed by atoms with Crippen molar-refractivity contribution in [1.82, 2.24) is 0 Å². The minimum absolute atomic E-state index is 0.0539. The largest absolute Gasteiger partial charge is 0.237 e. The minimum Gasteiger partial charge on any atom is -0.237 e. The summed E-state index contributed by atoms with van der Waals surface area (Å²) in [5.41, 5.74) is 1.36. The van der Waals surface area contributed by atoms with Crippen molar-refractivity contribution >= 4 is 0 Å². The lowest BCUT2D eigenvalue weighted by atomic mass is 9.90. The molecule has 1 aromatic carbocycles. The quantitative estimate of drug-likeness (QED) is 0.216. The van der Waals surface area contributed by atoms with Gasteiger partial charge in [-0.25, -0.2) is 5.11 Å². The van der Waals surface area contributed by atoms with Gasteiger partial charge in [0.1, 0.15) is 0 Å². The summed E-state index contributed by atoms with van der Waals surface area (Å²) in [5, 5.41) is 11.1. The Morgan fingerprint density at radius 1 is 0.593 bits per heavy atom. The fraction of sp³-hybridized carbons (Fsp3) is 0.769. The average Bonchev–Trinajstić information content (AvgIpc) is 2.70. The summed E-state index contributed by atoms with van der Waals surface area (Å²) in [6.07, 6.45) is 23.1. The highest BCUT2D eigenvalue weighted by atomic mass is 16.3. The van der Waals surface area contributed by atoms with Crippen LogP contribution in [-0.2, 0) is 5.11 Å². The maximum absolute atomic E-state index is 11.1. The molecular formula is C26H45O. The van der Waals surface area contributed by atoms with Crippen LogP contribution < -0.4 is 0 Å². The van der Waals surface area contributed by atoms with Crippen LogP contribution in [0.25, 0.3) is 0 Å². The van der Waals surface area contributed by atoms with Gasteiger partial charge in [-0.05, 0) is 24.3 Å². The Kier molecular flexibility index (Phi) is 16.6. The lowest BCUT2D eigenvalue weighted by Gasteiger charge is -2.15. The highest BCUT2D eigenvalue weighted by Gasteiger charge is 2.10. The van der Waals surface area contributed by atoms with Crippen LogP contribution >= 0.6 is 0 Å². The Morgan fingerprint density at radius 2 is 1.04 bits per heavy atom. The minimum atomic E-state index is 0.0539. The predicted octanol–water partition coefficient (Wildman–Crippen LogP) is 8.85. The van der Waals surface area contributed by atoms with E-state index in [9.17, 15) is 5.11 Å². The van der Waals surface area contributed by atoms with Gasteiger partial charge in [-0.2, -0.15) is 0 Å². The maximum atomic E-state index is 11.1. The SMILES string of the molecule is CCCCCCCCCCCCCCCCCC(CC[O])c1ccccc1. The Labute approximate surface area is 170 Å². The van der Waals surface area contributed by atoms with Crippen LogP contribution in [0.3, 0.4) is 0 Å². The number of hydrogen-bond donors (Lipinski definition) is 0. The van der Waals surface area contributed by atoms with Crippen LogP contribution in [0.2, 0.25) is 0 Å². The van der Waals surface area contributed by atoms with Crippen LogP contribution in [0, 0.1) is 0 Å². The highest BCUT2D eigenvalue weighted by molar-refractivity contribution is 5.19. The van der Waals surface area contributed by atoms with E-state index >= 15 is 0 Å². The standard InChI is InChI=1S/C26H45O/c1-2-3-4-5-6-7-8-9-10-11-12-13-14-15-17-22-26(23-24-27)25-20-18-16-19-21-25/h16,18-21,26H,2-15,17,22-24H2,1H3. The molecule has 1 nitrogen and oxygen atoms in total. The molecule has 0 aliphatic heterocycles. The molecule has 0 saturated heterocycles. The van der Waals surface area contributed by atoms with E-state index in [0.717, 1.165) is 6.42 Å². The summed E-state index contributed by atoms with van der Waals surface area (Å²) in [6, 6.07) is 10.6. The van der Waals surface area contributed by atoms with Crippen LogP contribution in [0.1, 0.15) is 128 Å². The first-order valence-electron chi connectivity index (χ1n) is 12.0. The van der Waals surface area contributed by atoms with Crippen molar-refractivity contribution in [1.29, 1.82) is 0 Å². The van der Waals surface area contributed by atoms with Crippen molar-refractivity contribution in [3.05, 3.63) is 35.9 Å². The summed E-state index contributed by atoms with van der Waals surface area (Å²) >= 11 is 0. The van der Waals surface area contributed by atoms with Crippen molar-refractivity contribution < 1.29 is 5.11 Å². The molecule has 0 fully saturated rings. The Hall–Kier alpha value is -0.820. The monoisotopic (exact) mass is 373 g/mol. The molecule has 0 heterocycles. The maximum Gasteiger partial charge on any atom is 0.0828 e. The molecule has 1 atom stereocenters. The second-order valence-corrected chi connectivity index (χ2v) is 8.34. The van der Waals surface area contributed by atoms with Gasteiger partial charge in [0, 0.05) is 0 Å². The van der Waals surface area contributed by atoms with Crippen molar-refractivity contribution in [2.75, 3.05) is 6.61 Å². The predicted molar refractivity (Wildman–Crippen MR) is 119 cm³/mol. The first-order chi connectivity index (χ1) is 13.4. The van der Waals surface area contributed by atoms with Crippen molar-refractivity contribution in [2.45, 2.75) is 122 Å². The van der Waals surface area contributed by atoms with E-state index in [0.29, 0.717) is 5.92 Å². The summed E-state index contributed by atoms with van der Waals surface area (Å²) in [7, 11) is 0. The zero-order chi connectivity index (χ0) is 19.4. The zero-order valence-corrected chi connectivity index (χ0v) is 18.1. The first-order valence-corrected chi connectivity index (χ1v) is 12.0. The van der Waals surface area contributed by atoms with Gasteiger partial charge in [-0.15, -0.1) is 0 Å². The smallest absolute Gasteiger partial charge is 0.0828 e. The van der Waals surface area contributed by atoms with E-state index in [-0.39, 0.29) is 6.61 Å². The fourth-order valence-corrected chi connectivity index (χ4v) is 4.11. The molecule has 1 heteroatoms. The van der Waals surface area contributed by atoms with Gasteiger partial charge in [-0.3, -0.25) is 0 Å². The number of benzene rings is 1. The molecule has 27 heavy (non-hydrogen) atoms. The fourth-order valence-electron chi connectivity index (χ4n) is 4.11. The number of hydrogen-bond acceptors (Lipinski definition) is 0. The number of unbranched alkanes of at least 4 members (excludes halogenated alkanes) is 14.